The van der Waals surface area contributed by atoms with Gasteiger partial charge in [-0.3, -0.25) is 4.98 Å². The molecule has 4 unspecified atom stereocenters. The van der Waals surface area contributed by atoms with Crippen LogP contribution in [0.15, 0.2) is 18.3 Å². The van der Waals surface area contributed by atoms with Crippen LogP contribution in [-0.4, -0.2) is 16.2 Å². The molecule has 0 aromatic carbocycles. The van der Waals surface area contributed by atoms with Crippen LogP contribution in [0.3, 0.4) is 0 Å². The van der Waals surface area contributed by atoms with Crippen molar-refractivity contribution in [3.63, 3.8) is 0 Å². The van der Waals surface area contributed by atoms with Gasteiger partial charge in [0.15, 0.2) is 0 Å². The van der Waals surface area contributed by atoms with E-state index in [-0.39, 0.29) is 12.0 Å². The first-order valence-corrected chi connectivity index (χ1v) is 7.91. The molecule has 2 heteroatoms. The minimum Gasteiger partial charge on any atom is -0.392 e. The van der Waals surface area contributed by atoms with Crippen molar-refractivity contribution in [2.24, 2.45) is 11.8 Å². The molecule has 19 heavy (non-hydrogen) atoms. The van der Waals surface area contributed by atoms with E-state index < -0.39 is 0 Å². The first kappa shape index (κ1) is 13.1. The van der Waals surface area contributed by atoms with Gasteiger partial charge in [0.1, 0.15) is 0 Å². The van der Waals surface area contributed by atoms with Crippen molar-refractivity contribution in [3.05, 3.63) is 29.6 Å². The summed E-state index contributed by atoms with van der Waals surface area (Å²) in [5.41, 5.74) is 2.55. The van der Waals surface area contributed by atoms with E-state index in [1.807, 2.05) is 12.3 Å². The van der Waals surface area contributed by atoms with Crippen molar-refractivity contribution >= 4 is 0 Å². The van der Waals surface area contributed by atoms with Gasteiger partial charge in [-0.25, -0.2) is 0 Å². The van der Waals surface area contributed by atoms with Crippen LogP contribution in [0.4, 0.5) is 0 Å². The molecule has 2 aliphatic rings. The number of hydrogen-bond donors (Lipinski definition) is 1. The van der Waals surface area contributed by atoms with Gasteiger partial charge in [0.05, 0.1) is 6.10 Å². The molecule has 3 rings (SSSR count). The lowest BCUT2D eigenvalue weighted by molar-refractivity contribution is 0.0729. The fraction of sp³-hybridized carbons (Fsp3) is 0.706. The summed E-state index contributed by atoms with van der Waals surface area (Å²) in [4.78, 5) is 4.57. The Hall–Kier alpha value is -0.890. The van der Waals surface area contributed by atoms with Crippen LogP contribution in [-0.2, 0) is 6.42 Å². The third kappa shape index (κ3) is 2.55. The zero-order chi connectivity index (χ0) is 13.2. The van der Waals surface area contributed by atoms with Crippen LogP contribution in [0.25, 0.3) is 0 Å². The topological polar surface area (TPSA) is 33.1 Å². The highest BCUT2D eigenvalue weighted by Crippen LogP contribution is 2.42. The molecule has 1 aromatic rings. The van der Waals surface area contributed by atoms with Gasteiger partial charge in [0.2, 0.25) is 0 Å². The van der Waals surface area contributed by atoms with Crippen molar-refractivity contribution in [1.29, 1.82) is 0 Å². The van der Waals surface area contributed by atoms with Gasteiger partial charge in [-0.2, -0.15) is 0 Å². The fourth-order valence-corrected chi connectivity index (χ4v) is 4.10. The van der Waals surface area contributed by atoms with Crippen LogP contribution in [0, 0.1) is 11.8 Å². The Kier molecular flexibility index (Phi) is 3.88. The number of aromatic nitrogens is 1. The number of rotatable bonds is 3. The van der Waals surface area contributed by atoms with Gasteiger partial charge >= 0.3 is 0 Å². The monoisotopic (exact) mass is 259 g/mol. The predicted molar refractivity (Wildman–Crippen MR) is 77.0 cm³/mol. The van der Waals surface area contributed by atoms with Crippen molar-refractivity contribution in [2.45, 2.75) is 63.9 Å². The number of aliphatic hydroxyl groups excluding tert-OH is 1. The molecule has 1 saturated carbocycles. The zero-order valence-corrected chi connectivity index (χ0v) is 11.9. The number of hydrogen-bond acceptors (Lipinski definition) is 2. The minimum atomic E-state index is -0.175. The van der Waals surface area contributed by atoms with Crippen LogP contribution in [0.2, 0.25) is 0 Å². The Bertz CT molecular complexity index is 431. The fourth-order valence-electron chi connectivity index (χ4n) is 4.10. The van der Waals surface area contributed by atoms with Gasteiger partial charge in [0.25, 0.3) is 0 Å². The molecule has 104 valence electrons. The van der Waals surface area contributed by atoms with E-state index in [1.165, 1.54) is 43.4 Å². The van der Waals surface area contributed by atoms with Gasteiger partial charge in [-0.1, -0.05) is 25.8 Å². The maximum atomic E-state index is 10.8. The molecule has 0 saturated heterocycles. The second-order valence-corrected chi connectivity index (χ2v) is 6.38. The molecule has 1 fully saturated rings. The first-order valence-electron chi connectivity index (χ1n) is 7.91. The van der Waals surface area contributed by atoms with Gasteiger partial charge in [-0.05, 0) is 55.6 Å². The van der Waals surface area contributed by atoms with Crippen molar-refractivity contribution in [2.75, 3.05) is 0 Å². The van der Waals surface area contributed by atoms with Crippen LogP contribution in [0.1, 0.15) is 62.6 Å². The average molecular weight is 259 g/mol. The van der Waals surface area contributed by atoms with E-state index in [0.717, 1.165) is 18.8 Å². The highest BCUT2D eigenvalue weighted by molar-refractivity contribution is 5.27. The third-order valence-electron chi connectivity index (χ3n) is 5.29. The Balaban J connectivity index is 1.76. The Labute approximate surface area is 116 Å². The lowest BCUT2D eigenvalue weighted by Gasteiger charge is -2.31. The quantitative estimate of drug-likeness (QED) is 0.898. The highest BCUT2D eigenvalue weighted by atomic mass is 16.3. The van der Waals surface area contributed by atoms with Crippen molar-refractivity contribution in [3.8, 4) is 0 Å². The number of pyridine rings is 1. The molecule has 2 nitrogen and oxygen atoms in total. The number of aryl methyl sites for hydroxylation is 1. The standard InChI is InChI=1S/C17H25NO/c1-2-12-8-9-14(11-12)17(19)15-7-3-5-13-6-4-10-18-16(13)15/h4,6,10,12,14-15,17,19H,2-3,5,7-9,11H2,1H3. The minimum absolute atomic E-state index is 0.175. The van der Waals surface area contributed by atoms with E-state index >= 15 is 0 Å². The predicted octanol–water partition coefficient (Wildman–Crippen LogP) is 3.69. The van der Waals surface area contributed by atoms with Gasteiger partial charge in [-0.15, -0.1) is 0 Å². The maximum absolute atomic E-state index is 10.8. The second kappa shape index (κ2) is 5.62. The SMILES string of the molecule is CCC1CCC(C(O)C2CCCc3cccnc32)C1. The highest BCUT2D eigenvalue weighted by Gasteiger charge is 2.36. The third-order valence-corrected chi connectivity index (χ3v) is 5.29. The largest absolute Gasteiger partial charge is 0.392 e. The van der Waals surface area contributed by atoms with Crippen LogP contribution < -0.4 is 0 Å². The molecule has 0 amide bonds. The van der Waals surface area contributed by atoms with E-state index in [0.29, 0.717) is 5.92 Å². The summed E-state index contributed by atoms with van der Waals surface area (Å²) >= 11 is 0. The molecule has 0 bridgehead atoms. The number of aliphatic hydroxyl groups is 1. The van der Waals surface area contributed by atoms with E-state index in [1.54, 1.807) is 0 Å². The van der Waals surface area contributed by atoms with Gasteiger partial charge in [0, 0.05) is 17.8 Å². The Morgan fingerprint density at radius 3 is 3.05 bits per heavy atom. The lowest BCUT2D eigenvalue weighted by atomic mass is 9.78. The summed E-state index contributed by atoms with van der Waals surface area (Å²) in [6.45, 7) is 2.27. The molecule has 0 aliphatic heterocycles. The molecular formula is C17H25NO. The second-order valence-electron chi connectivity index (χ2n) is 6.38. The number of nitrogens with zero attached hydrogens (tertiary/aromatic N) is 1. The van der Waals surface area contributed by atoms with Crippen LogP contribution >= 0.6 is 0 Å². The normalized spacial score (nSPS) is 32.0. The smallest absolute Gasteiger partial charge is 0.0652 e. The summed E-state index contributed by atoms with van der Waals surface area (Å²) in [6, 6.07) is 4.21. The lowest BCUT2D eigenvalue weighted by Crippen LogP contribution is -2.29. The summed E-state index contributed by atoms with van der Waals surface area (Å²) in [7, 11) is 0. The molecule has 2 aliphatic carbocycles. The van der Waals surface area contributed by atoms with Gasteiger partial charge < -0.3 is 5.11 Å². The summed E-state index contributed by atoms with van der Waals surface area (Å²) in [6.07, 6.45) is 10.1. The molecular weight excluding hydrogens is 234 g/mol. The van der Waals surface area contributed by atoms with E-state index in [9.17, 15) is 5.11 Å². The summed E-state index contributed by atoms with van der Waals surface area (Å²) in [5, 5.41) is 10.8. The molecule has 0 radical (unpaired) electrons. The van der Waals surface area contributed by atoms with Crippen molar-refractivity contribution in [1.82, 2.24) is 4.98 Å². The molecule has 1 aromatic heterocycles. The number of fused-ring (bicyclic) bond motifs is 1. The first-order chi connectivity index (χ1) is 9.29. The van der Waals surface area contributed by atoms with E-state index in [2.05, 4.69) is 18.0 Å². The van der Waals surface area contributed by atoms with Crippen LogP contribution in [0.5, 0.6) is 0 Å². The zero-order valence-electron chi connectivity index (χ0n) is 11.9. The molecule has 1 N–H and O–H groups in total. The Morgan fingerprint density at radius 2 is 2.26 bits per heavy atom. The summed E-state index contributed by atoms with van der Waals surface area (Å²) in [5.74, 6) is 1.62. The Morgan fingerprint density at radius 1 is 1.37 bits per heavy atom. The molecule has 4 atom stereocenters. The summed E-state index contributed by atoms with van der Waals surface area (Å²) < 4.78 is 0. The van der Waals surface area contributed by atoms with E-state index in [4.69, 9.17) is 0 Å². The van der Waals surface area contributed by atoms with Crippen molar-refractivity contribution < 1.29 is 5.11 Å². The average Bonchev–Trinajstić information content (AvgIpc) is 2.95. The maximum Gasteiger partial charge on any atom is 0.0652 e. The molecule has 0 spiro atoms. The molecule has 1 heterocycles.